The van der Waals surface area contributed by atoms with E-state index in [4.69, 9.17) is 9.94 Å². The molecule has 0 aliphatic rings. The number of oxime groups is 1. The molecule has 0 saturated heterocycles. The molecular formula is C15H14N2O3. The fourth-order valence-electron chi connectivity index (χ4n) is 1.67. The maximum atomic E-state index is 11.9. The van der Waals surface area contributed by atoms with Crippen molar-refractivity contribution in [3.05, 3.63) is 59.9 Å². The highest BCUT2D eigenvalue weighted by atomic mass is 16.5. The zero-order valence-electron chi connectivity index (χ0n) is 11.0. The summed E-state index contributed by atoms with van der Waals surface area (Å²) in [5.41, 5.74) is 1.51. The second-order valence-electron chi connectivity index (χ2n) is 4.25. The number of aromatic nitrogens is 1. The minimum absolute atomic E-state index is 0.0924. The van der Waals surface area contributed by atoms with Crippen molar-refractivity contribution >= 4 is 11.7 Å². The van der Waals surface area contributed by atoms with Crippen LogP contribution in [0.25, 0.3) is 0 Å². The second kappa shape index (κ2) is 6.47. The van der Waals surface area contributed by atoms with Gasteiger partial charge in [-0.25, -0.2) is 4.79 Å². The van der Waals surface area contributed by atoms with Crippen molar-refractivity contribution in [2.75, 3.05) is 0 Å². The molecule has 0 aliphatic heterocycles. The quantitative estimate of drug-likeness (QED) is 0.304. The summed E-state index contributed by atoms with van der Waals surface area (Å²) in [5, 5.41) is 12.0. The molecule has 0 fully saturated rings. The lowest BCUT2D eigenvalue weighted by atomic mass is 10.2. The van der Waals surface area contributed by atoms with Crippen LogP contribution in [0.1, 0.15) is 11.3 Å². The highest BCUT2D eigenvalue weighted by molar-refractivity contribution is 6.37. The van der Waals surface area contributed by atoms with Gasteiger partial charge in [-0.1, -0.05) is 23.4 Å². The molecule has 0 atom stereocenters. The predicted molar refractivity (Wildman–Crippen MR) is 74.0 cm³/mol. The Morgan fingerprint density at radius 3 is 2.80 bits per heavy atom. The smallest absolute Gasteiger partial charge is 0.361 e. The van der Waals surface area contributed by atoms with E-state index in [0.717, 1.165) is 5.56 Å². The minimum atomic E-state index is -0.691. The summed E-state index contributed by atoms with van der Waals surface area (Å²) in [5.74, 6) is -0.277. The zero-order valence-corrected chi connectivity index (χ0v) is 11.0. The number of rotatable bonds is 4. The van der Waals surface area contributed by atoms with Crippen LogP contribution in [0.2, 0.25) is 0 Å². The number of esters is 1. The molecule has 0 bridgehead atoms. The summed E-state index contributed by atoms with van der Waals surface area (Å²) in [6.45, 7) is 1.90. The van der Waals surface area contributed by atoms with Crippen LogP contribution in [-0.4, -0.2) is 21.9 Å². The van der Waals surface area contributed by atoms with Crippen molar-refractivity contribution in [2.24, 2.45) is 5.16 Å². The number of benzene rings is 1. The molecule has 0 unspecified atom stereocenters. The highest BCUT2D eigenvalue weighted by Gasteiger charge is 2.16. The van der Waals surface area contributed by atoms with E-state index < -0.39 is 5.97 Å². The van der Waals surface area contributed by atoms with Gasteiger partial charge in [0, 0.05) is 18.3 Å². The summed E-state index contributed by atoms with van der Waals surface area (Å²) >= 11 is 0. The van der Waals surface area contributed by atoms with Crippen molar-refractivity contribution in [3.8, 4) is 5.75 Å². The topological polar surface area (TPSA) is 71.8 Å². The van der Waals surface area contributed by atoms with Crippen molar-refractivity contribution in [3.63, 3.8) is 0 Å². The minimum Gasteiger partial charge on any atom is -0.422 e. The third kappa shape index (κ3) is 3.65. The fourth-order valence-corrected chi connectivity index (χ4v) is 1.67. The Balaban J connectivity index is 2.07. The Bertz CT molecular complexity index is 624. The molecule has 1 N–H and O–H groups in total. The molecule has 2 aromatic rings. The number of nitrogens with zero attached hydrogens (tertiary/aromatic N) is 2. The Morgan fingerprint density at radius 1 is 1.30 bits per heavy atom. The van der Waals surface area contributed by atoms with Gasteiger partial charge in [-0.2, -0.15) is 0 Å². The summed E-state index contributed by atoms with van der Waals surface area (Å²) < 4.78 is 5.16. The number of ether oxygens (including phenoxy) is 1. The summed E-state index contributed by atoms with van der Waals surface area (Å²) in [6.07, 6.45) is 1.72. The Hall–Kier alpha value is -2.69. The molecule has 102 valence electrons. The van der Waals surface area contributed by atoms with Crippen LogP contribution in [0.15, 0.2) is 53.8 Å². The molecule has 0 amide bonds. The molecule has 20 heavy (non-hydrogen) atoms. The van der Waals surface area contributed by atoms with E-state index in [9.17, 15) is 4.79 Å². The number of aryl methyl sites for hydroxylation is 1. The van der Waals surface area contributed by atoms with Gasteiger partial charge in [0.1, 0.15) is 5.75 Å². The van der Waals surface area contributed by atoms with Crippen LogP contribution >= 0.6 is 0 Å². The fraction of sp³-hybridized carbons (Fsp3) is 0.133. The standard InChI is InChI=1S/C15H14N2O3/c1-11-5-4-7-13(9-11)20-15(18)14(17-19)10-12-6-2-3-8-16-12/h2-9,19H,10H2,1H3/b17-14+. The maximum Gasteiger partial charge on any atom is 0.361 e. The van der Waals surface area contributed by atoms with Gasteiger partial charge in [0.05, 0.1) is 0 Å². The average molecular weight is 270 g/mol. The normalized spacial score (nSPS) is 11.2. The van der Waals surface area contributed by atoms with Crippen LogP contribution in [0.5, 0.6) is 5.75 Å². The first kappa shape index (κ1) is 13.7. The summed E-state index contributed by atoms with van der Waals surface area (Å²) in [7, 11) is 0. The van der Waals surface area contributed by atoms with Crippen LogP contribution in [-0.2, 0) is 11.2 Å². The lowest BCUT2D eigenvalue weighted by Gasteiger charge is -2.06. The molecule has 1 heterocycles. The van der Waals surface area contributed by atoms with Gasteiger partial charge in [-0.3, -0.25) is 4.98 Å². The van der Waals surface area contributed by atoms with Crippen molar-refractivity contribution in [1.29, 1.82) is 0 Å². The number of hydrogen-bond donors (Lipinski definition) is 1. The van der Waals surface area contributed by atoms with E-state index in [1.54, 1.807) is 42.6 Å². The monoisotopic (exact) mass is 270 g/mol. The largest absolute Gasteiger partial charge is 0.422 e. The number of carbonyl (C=O) groups excluding carboxylic acids is 1. The molecule has 0 aliphatic carbocycles. The molecule has 0 saturated carbocycles. The Labute approximate surface area is 116 Å². The van der Waals surface area contributed by atoms with Gasteiger partial charge in [-0.15, -0.1) is 0 Å². The molecular weight excluding hydrogens is 256 g/mol. The van der Waals surface area contributed by atoms with Crippen LogP contribution in [0, 0.1) is 6.92 Å². The zero-order chi connectivity index (χ0) is 14.4. The second-order valence-corrected chi connectivity index (χ2v) is 4.25. The molecule has 5 heteroatoms. The molecule has 0 radical (unpaired) electrons. The Kier molecular flexibility index (Phi) is 4.44. The number of hydrogen-bond acceptors (Lipinski definition) is 5. The first-order valence-electron chi connectivity index (χ1n) is 6.08. The SMILES string of the molecule is Cc1cccc(OC(=O)/C(Cc2ccccn2)=N/O)c1. The lowest BCUT2D eigenvalue weighted by molar-refractivity contribution is -0.127. The molecule has 1 aromatic carbocycles. The van der Waals surface area contributed by atoms with Crippen LogP contribution in [0.4, 0.5) is 0 Å². The van der Waals surface area contributed by atoms with Gasteiger partial charge in [-0.05, 0) is 36.8 Å². The van der Waals surface area contributed by atoms with Crippen molar-refractivity contribution in [2.45, 2.75) is 13.3 Å². The molecule has 2 rings (SSSR count). The lowest BCUT2D eigenvalue weighted by Crippen LogP contribution is -2.23. The average Bonchev–Trinajstić information content (AvgIpc) is 2.45. The first-order valence-corrected chi connectivity index (χ1v) is 6.08. The number of pyridine rings is 1. The number of carbonyl (C=O) groups is 1. The van der Waals surface area contributed by atoms with E-state index in [1.165, 1.54) is 0 Å². The third-order valence-corrected chi connectivity index (χ3v) is 2.63. The molecule has 0 spiro atoms. The van der Waals surface area contributed by atoms with Crippen molar-refractivity contribution < 1.29 is 14.7 Å². The molecule has 1 aromatic heterocycles. The van der Waals surface area contributed by atoms with E-state index >= 15 is 0 Å². The van der Waals surface area contributed by atoms with Gasteiger partial charge in [0.2, 0.25) is 0 Å². The summed E-state index contributed by atoms with van der Waals surface area (Å²) in [6, 6.07) is 12.4. The molecule has 5 nitrogen and oxygen atoms in total. The predicted octanol–water partition coefficient (Wildman–Crippen LogP) is 2.37. The maximum absolute atomic E-state index is 11.9. The first-order chi connectivity index (χ1) is 9.69. The van der Waals surface area contributed by atoms with Crippen LogP contribution < -0.4 is 4.74 Å². The highest BCUT2D eigenvalue weighted by Crippen LogP contribution is 2.13. The van der Waals surface area contributed by atoms with E-state index in [0.29, 0.717) is 11.4 Å². The van der Waals surface area contributed by atoms with E-state index in [-0.39, 0.29) is 12.1 Å². The Morgan fingerprint density at radius 2 is 2.15 bits per heavy atom. The van der Waals surface area contributed by atoms with Crippen LogP contribution in [0.3, 0.4) is 0 Å². The van der Waals surface area contributed by atoms with Gasteiger partial charge >= 0.3 is 5.97 Å². The van der Waals surface area contributed by atoms with Gasteiger partial charge in [0.25, 0.3) is 0 Å². The van der Waals surface area contributed by atoms with E-state index in [2.05, 4.69) is 10.1 Å². The van der Waals surface area contributed by atoms with E-state index in [1.807, 2.05) is 13.0 Å². The van der Waals surface area contributed by atoms with Gasteiger partial charge < -0.3 is 9.94 Å². The third-order valence-electron chi connectivity index (χ3n) is 2.63. The summed E-state index contributed by atoms with van der Waals surface area (Å²) in [4.78, 5) is 16.0. The van der Waals surface area contributed by atoms with Gasteiger partial charge in [0.15, 0.2) is 5.71 Å². The van der Waals surface area contributed by atoms with Crippen molar-refractivity contribution in [1.82, 2.24) is 4.98 Å².